The van der Waals surface area contributed by atoms with Crippen LogP contribution in [0.1, 0.15) is 90.4 Å². The SMILES string of the molecule is C=CC(CCCCCCCCCCCCC)CC[n+]1cc[nH]c1. The van der Waals surface area contributed by atoms with E-state index in [2.05, 4.69) is 35.3 Å². The van der Waals surface area contributed by atoms with Crippen molar-refractivity contribution in [2.24, 2.45) is 5.92 Å². The van der Waals surface area contributed by atoms with E-state index < -0.39 is 0 Å². The minimum Gasteiger partial charge on any atom is -0.250 e. The second kappa shape index (κ2) is 14.5. The quantitative estimate of drug-likeness (QED) is 0.213. The number of rotatable bonds is 16. The van der Waals surface area contributed by atoms with E-state index in [1.807, 2.05) is 12.5 Å². The Bertz CT molecular complexity index is 356. The molecule has 0 spiro atoms. The zero-order chi connectivity index (χ0) is 16.6. The molecule has 1 heterocycles. The molecule has 0 aliphatic carbocycles. The molecule has 2 nitrogen and oxygen atoms in total. The van der Waals surface area contributed by atoms with Crippen molar-refractivity contribution in [3.63, 3.8) is 0 Å². The molecule has 1 unspecified atom stereocenters. The van der Waals surface area contributed by atoms with Crippen LogP contribution in [0.25, 0.3) is 0 Å². The lowest BCUT2D eigenvalue weighted by molar-refractivity contribution is -0.696. The molecule has 1 atom stereocenters. The van der Waals surface area contributed by atoms with E-state index in [0.717, 1.165) is 6.54 Å². The average molecular weight is 320 g/mol. The summed E-state index contributed by atoms with van der Waals surface area (Å²) >= 11 is 0. The molecule has 0 saturated carbocycles. The Morgan fingerprint density at radius 1 is 0.913 bits per heavy atom. The summed E-state index contributed by atoms with van der Waals surface area (Å²) in [4.78, 5) is 3.10. The predicted molar refractivity (Wildman–Crippen MR) is 100 cm³/mol. The van der Waals surface area contributed by atoms with Crippen LogP contribution >= 0.6 is 0 Å². The van der Waals surface area contributed by atoms with Crippen LogP contribution in [-0.4, -0.2) is 4.98 Å². The number of imidazole rings is 1. The number of nitrogens with one attached hydrogen (secondary N) is 1. The summed E-state index contributed by atoms with van der Waals surface area (Å²) in [6, 6.07) is 0. The van der Waals surface area contributed by atoms with Gasteiger partial charge >= 0.3 is 0 Å². The molecule has 0 radical (unpaired) electrons. The Hall–Kier alpha value is -1.05. The molecule has 0 aromatic carbocycles. The summed E-state index contributed by atoms with van der Waals surface area (Å²) < 4.78 is 2.22. The first kappa shape index (κ1) is 20.0. The molecule has 0 aliphatic rings. The van der Waals surface area contributed by atoms with Crippen molar-refractivity contribution in [3.8, 4) is 0 Å². The molecular weight excluding hydrogens is 280 g/mol. The molecule has 1 aromatic heterocycles. The van der Waals surface area contributed by atoms with E-state index in [-0.39, 0.29) is 0 Å². The van der Waals surface area contributed by atoms with Gasteiger partial charge in [0.1, 0.15) is 12.4 Å². The van der Waals surface area contributed by atoms with Gasteiger partial charge in [0.15, 0.2) is 0 Å². The number of hydrogen-bond donors (Lipinski definition) is 1. The van der Waals surface area contributed by atoms with Gasteiger partial charge in [-0.1, -0.05) is 83.6 Å². The first-order valence-corrected chi connectivity index (χ1v) is 10.0. The average Bonchev–Trinajstić information content (AvgIpc) is 3.09. The molecule has 0 fully saturated rings. The molecule has 1 N–H and O–H groups in total. The van der Waals surface area contributed by atoms with Gasteiger partial charge in [0.2, 0.25) is 6.33 Å². The third-order valence-electron chi connectivity index (χ3n) is 4.87. The van der Waals surface area contributed by atoms with Gasteiger partial charge in [0, 0.05) is 0 Å². The Labute approximate surface area is 144 Å². The van der Waals surface area contributed by atoms with Crippen LogP contribution in [0.2, 0.25) is 0 Å². The highest BCUT2D eigenvalue weighted by atomic mass is 15.0. The molecule has 132 valence electrons. The van der Waals surface area contributed by atoms with Gasteiger partial charge in [-0.3, -0.25) is 4.98 Å². The summed E-state index contributed by atoms with van der Waals surface area (Å²) in [6.07, 6.45) is 26.4. The van der Waals surface area contributed by atoms with Gasteiger partial charge < -0.3 is 0 Å². The predicted octanol–water partition coefficient (Wildman–Crippen LogP) is 6.20. The van der Waals surface area contributed by atoms with Crippen LogP contribution in [0.15, 0.2) is 31.4 Å². The number of hydrogen-bond acceptors (Lipinski definition) is 0. The van der Waals surface area contributed by atoms with Gasteiger partial charge in [0.25, 0.3) is 0 Å². The largest absolute Gasteiger partial charge is 0.250 e. The Balaban J connectivity index is 1.87. The van der Waals surface area contributed by atoms with Gasteiger partial charge in [-0.2, -0.15) is 0 Å². The minimum atomic E-state index is 0.677. The fourth-order valence-corrected chi connectivity index (χ4v) is 3.23. The summed E-state index contributed by atoms with van der Waals surface area (Å²) in [5.74, 6) is 0.677. The second-order valence-corrected chi connectivity index (χ2v) is 6.96. The fraction of sp³-hybridized carbons (Fsp3) is 0.762. The monoisotopic (exact) mass is 319 g/mol. The van der Waals surface area contributed by atoms with E-state index in [0.29, 0.717) is 5.92 Å². The van der Waals surface area contributed by atoms with E-state index in [4.69, 9.17) is 0 Å². The van der Waals surface area contributed by atoms with Crippen LogP contribution in [0.4, 0.5) is 0 Å². The summed E-state index contributed by atoms with van der Waals surface area (Å²) in [5.41, 5.74) is 0. The molecule has 0 saturated heterocycles. The standard InChI is InChI=1S/C21H38N2/c1-3-5-6-7-8-9-10-11-12-13-14-15-21(4-2)16-18-23-19-17-22-20-23/h4,17,19-21H,2-3,5-16,18H2,1H3/p+1. The molecule has 0 amide bonds. The third-order valence-corrected chi connectivity index (χ3v) is 4.87. The van der Waals surface area contributed by atoms with Crippen LogP contribution in [-0.2, 0) is 6.54 Å². The van der Waals surface area contributed by atoms with Crippen LogP contribution in [0.3, 0.4) is 0 Å². The maximum absolute atomic E-state index is 4.01. The highest BCUT2D eigenvalue weighted by Crippen LogP contribution is 2.17. The number of aryl methyl sites for hydroxylation is 1. The smallest absolute Gasteiger partial charge is 0.241 e. The van der Waals surface area contributed by atoms with E-state index in [9.17, 15) is 0 Å². The molecule has 0 aliphatic heterocycles. The number of nitrogens with zero attached hydrogens (tertiary/aromatic N) is 1. The normalized spacial score (nSPS) is 12.4. The number of H-pyrrole nitrogens is 1. The molecular formula is C21H39N2+. The number of allylic oxidation sites excluding steroid dienone is 1. The molecule has 1 aromatic rings. The van der Waals surface area contributed by atoms with Crippen molar-refractivity contribution in [2.45, 2.75) is 96.9 Å². The lowest BCUT2D eigenvalue weighted by atomic mass is 9.97. The lowest BCUT2D eigenvalue weighted by Crippen LogP contribution is -2.31. The zero-order valence-electron chi connectivity index (χ0n) is 15.4. The fourth-order valence-electron chi connectivity index (χ4n) is 3.23. The van der Waals surface area contributed by atoms with Gasteiger partial charge in [-0.15, -0.1) is 6.58 Å². The van der Waals surface area contributed by atoms with E-state index in [1.54, 1.807) is 0 Å². The number of aromatic amines is 1. The maximum atomic E-state index is 4.01. The van der Waals surface area contributed by atoms with E-state index >= 15 is 0 Å². The number of unbranched alkanes of at least 4 members (excludes halogenated alkanes) is 10. The zero-order valence-corrected chi connectivity index (χ0v) is 15.4. The van der Waals surface area contributed by atoms with Crippen molar-refractivity contribution >= 4 is 0 Å². The minimum absolute atomic E-state index is 0.677. The summed E-state index contributed by atoms with van der Waals surface area (Å²) in [7, 11) is 0. The van der Waals surface area contributed by atoms with E-state index in [1.165, 1.54) is 83.5 Å². The highest BCUT2D eigenvalue weighted by molar-refractivity contribution is 4.77. The first-order valence-electron chi connectivity index (χ1n) is 10.0. The van der Waals surface area contributed by atoms with Gasteiger partial charge in [0.05, 0.1) is 6.54 Å². The lowest BCUT2D eigenvalue weighted by Gasteiger charge is -2.10. The Kier molecular flexibility index (Phi) is 12.6. The van der Waals surface area contributed by atoms with Gasteiger partial charge in [-0.05, 0) is 18.8 Å². The highest BCUT2D eigenvalue weighted by Gasteiger charge is 2.06. The van der Waals surface area contributed by atoms with Crippen molar-refractivity contribution in [1.29, 1.82) is 0 Å². The van der Waals surface area contributed by atoms with Crippen molar-refractivity contribution < 1.29 is 4.57 Å². The summed E-state index contributed by atoms with van der Waals surface area (Å²) in [6.45, 7) is 7.40. The topological polar surface area (TPSA) is 19.7 Å². The van der Waals surface area contributed by atoms with Crippen molar-refractivity contribution in [2.75, 3.05) is 0 Å². The Morgan fingerprint density at radius 2 is 1.52 bits per heavy atom. The van der Waals surface area contributed by atoms with Crippen molar-refractivity contribution in [1.82, 2.24) is 4.98 Å². The first-order chi connectivity index (χ1) is 11.4. The van der Waals surface area contributed by atoms with Crippen LogP contribution in [0, 0.1) is 5.92 Å². The number of aromatic nitrogens is 2. The third kappa shape index (κ3) is 11.2. The molecule has 23 heavy (non-hydrogen) atoms. The Morgan fingerprint density at radius 3 is 2.04 bits per heavy atom. The second-order valence-electron chi connectivity index (χ2n) is 6.96. The summed E-state index contributed by atoms with van der Waals surface area (Å²) in [5, 5.41) is 0. The van der Waals surface area contributed by atoms with Crippen LogP contribution < -0.4 is 4.57 Å². The molecule has 0 bridgehead atoms. The maximum Gasteiger partial charge on any atom is 0.241 e. The molecule has 2 heteroatoms. The van der Waals surface area contributed by atoms with Gasteiger partial charge in [-0.25, -0.2) is 4.57 Å². The molecule has 1 rings (SSSR count). The van der Waals surface area contributed by atoms with Crippen LogP contribution in [0.5, 0.6) is 0 Å². The van der Waals surface area contributed by atoms with Crippen molar-refractivity contribution in [3.05, 3.63) is 31.4 Å².